The lowest BCUT2D eigenvalue weighted by Crippen LogP contribution is -2.21. The molecule has 0 amide bonds. The molecular weight excluding hydrogens is 262 g/mol. The highest BCUT2D eigenvalue weighted by molar-refractivity contribution is 5.66. The summed E-state index contributed by atoms with van der Waals surface area (Å²) in [6.07, 6.45) is 11.5. The number of hydrogen-bond donors (Lipinski definition) is 1. The van der Waals surface area contributed by atoms with Crippen molar-refractivity contribution in [2.24, 2.45) is 0 Å². The molecule has 0 heterocycles. The highest BCUT2D eigenvalue weighted by atomic mass is 16.4. The Bertz CT molecular complexity index is 198. The van der Waals surface area contributed by atoms with E-state index in [1.807, 2.05) is 0 Å². The van der Waals surface area contributed by atoms with Gasteiger partial charge in [-0.1, -0.05) is 79.1 Å². The molecule has 21 heavy (non-hydrogen) atoms. The summed E-state index contributed by atoms with van der Waals surface area (Å²) >= 11 is 0. The van der Waals surface area contributed by atoms with Crippen LogP contribution in [0.1, 0.15) is 91.9 Å². The lowest BCUT2D eigenvalue weighted by atomic mass is 10.1. The molecule has 0 atom stereocenters. The number of carbonyl (C=O) groups is 1. The summed E-state index contributed by atoms with van der Waals surface area (Å²) in [5, 5.41) is 8.41. The van der Waals surface area contributed by atoms with Gasteiger partial charge in [-0.2, -0.15) is 0 Å². The van der Waals surface area contributed by atoms with E-state index in [2.05, 4.69) is 32.6 Å². The van der Waals surface area contributed by atoms with Crippen molar-refractivity contribution in [1.29, 1.82) is 0 Å². The smallest absolute Gasteiger partial charge is 0.303 e. The largest absolute Gasteiger partial charge is 0.481 e. The zero-order chi connectivity index (χ0) is 16.3. The van der Waals surface area contributed by atoms with Crippen LogP contribution in [0.4, 0.5) is 0 Å². The third kappa shape index (κ3) is 21.9. The SMILES string of the molecule is CCCCCCCCCCCC(=O)O.CCN(CC)CC. The number of carboxylic acid groups (broad SMARTS) is 1. The fourth-order valence-corrected chi connectivity index (χ4v) is 2.26. The summed E-state index contributed by atoms with van der Waals surface area (Å²) in [6, 6.07) is 0. The van der Waals surface area contributed by atoms with E-state index < -0.39 is 5.97 Å². The van der Waals surface area contributed by atoms with E-state index in [1.165, 1.54) is 64.6 Å². The van der Waals surface area contributed by atoms with Crippen LogP contribution >= 0.6 is 0 Å². The van der Waals surface area contributed by atoms with Crippen LogP contribution in [0.5, 0.6) is 0 Å². The van der Waals surface area contributed by atoms with Crippen molar-refractivity contribution in [2.75, 3.05) is 19.6 Å². The Morgan fingerprint density at radius 2 is 1.10 bits per heavy atom. The van der Waals surface area contributed by atoms with Gasteiger partial charge in [0, 0.05) is 6.42 Å². The minimum atomic E-state index is -0.659. The third-order valence-corrected chi connectivity index (χ3v) is 3.84. The van der Waals surface area contributed by atoms with E-state index in [0.717, 1.165) is 12.8 Å². The maximum Gasteiger partial charge on any atom is 0.303 e. The van der Waals surface area contributed by atoms with Crippen molar-refractivity contribution in [3.63, 3.8) is 0 Å². The van der Waals surface area contributed by atoms with E-state index in [1.54, 1.807) is 0 Å². The van der Waals surface area contributed by atoms with Gasteiger partial charge >= 0.3 is 5.97 Å². The van der Waals surface area contributed by atoms with Crippen LogP contribution in [0.15, 0.2) is 0 Å². The van der Waals surface area contributed by atoms with E-state index in [4.69, 9.17) is 5.11 Å². The molecule has 3 heteroatoms. The first-order valence-electron chi connectivity index (χ1n) is 9.06. The van der Waals surface area contributed by atoms with E-state index in [0.29, 0.717) is 6.42 Å². The van der Waals surface area contributed by atoms with Gasteiger partial charge in [0.25, 0.3) is 0 Å². The first-order valence-corrected chi connectivity index (χ1v) is 9.06. The Morgan fingerprint density at radius 1 is 0.714 bits per heavy atom. The normalized spacial score (nSPS) is 10.3. The molecule has 0 bridgehead atoms. The zero-order valence-electron chi connectivity index (χ0n) is 15.0. The average Bonchev–Trinajstić information content (AvgIpc) is 2.48. The van der Waals surface area contributed by atoms with E-state index >= 15 is 0 Å². The first kappa shape index (κ1) is 22.7. The summed E-state index contributed by atoms with van der Waals surface area (Å²) in [4.78, 5) is 12.6. The molecule has 0 saturated heterocycles. The fraction of sp³-hybridized carbons (Fsp3) is 0.944. The minimum absolute atomic E-state index is 0.343. The molecule has 0 spiro atoms. The molecule has 0 aliphatic rings. The molecule has 0 aromatic rings. The standard InChI is InChI=1S/C12H24O2.C6H15N/c1-2-3-4-5-6-7-8-9-10-11-12(13)14;1-4-7(5-2)6-3/h2-11H2,1H3,(H,13,14);4-6H2,1-3H3. The van der Waals surface area contributed by atoms with Crippen LogP contribution in [-0.2, 0) is 4.79 Å². The van der Waals surface area contributed by atoms with Crippen LogP contribution in [0, 0.1) is 0 Å². The predicted octanol–water partition coefficient (Wildman–Crippen LogP) is 5.34. The van der Waals surface area contributed by atoms with Gasteiger partial charge in [0.15, 0.2) is 0 Å². The fourth-order valence-electron chi connectivity index (χ4n) is 2.26. The van der Waals surface area contributed by atoms with Crippen molar-refractivity contribution in [2.45, 2.75) is 91.9 Å². The van der Waals surface area contributed by atoms with Crippen molar-refractivity contribution in [3.05, 3.63) is 0 Å². The maximum absolute atomic E-state index is 10.2. The Balaban J connectivity index is 0. The second-order valence-electron chi connectivity index (χ2n) is 5.59. The molecule has 0 aliphatic carbocycles. The molecule has 0 saturated carbocycles. The monoisotopic (exact) mass is 301 g/mol. The van der Waals surface area contributed by atoms with Crippen LogP contribution in [0.3, 0.4) is 0 Å². The number of unbranched alkanes of at least 4 members (excludes halogenated alkanes) is 8. The minimum Gasteiger partial charge on any atom is -0.481 e. The van der Waals surface area contributed by atoms with Crippen molar-refractivity contribution in [1.82, 2.24) is 4.90 Å². The lowest BCUT2D eigenvalue weighted by Gasteiger charge is -2.13. The van der Waals surface area contributed by atoms with Gasteiger partial charge in [0.1, 0.15) is 0 Å². The quantitative estimate of drug-likeness (QED) is 0.467. The Hall–Kier alpha value is -0.570. The average molecular weight is 302 g/mol. The topological polar surface area (TPSA) is 40.5 Å². The van der Waals surface area contributed by atoms with Crippen LogP contribution in [0.25, 0.3) is 0 Å². The van der Waals surface area contributed by atoms with Gasteiger partial charge in [-0.15, -0.1) is 0 Å². The third-order valence-electron chi connectivity index (χ3n) is 3.84. The lowest BCUT2D eigenvalue weighted by molar-refractivity contribution is -0.137. The van der Waals surface area contributed by atoms with Crippen molar-refractivity contribution in [3.8, 4) is 0 Å². The first-order chi connectivity index (χ1) is 10.1. The van der Waals surface area contributed by atoms with Crippen molar-refractivity contribution < 1.29 is 9.90 Å². The van der Waals surface area contributed by atoms with Gasteiger partial charge in [-0.3, -0.25) is 4.79 Å². The van der Waals surface area contributed by atoms with E-state index in [-0.39, 0.29) is 0 Å². The maximum atomic E-state index is 10.2. The second-order valence-corrected chi connectivity index (χ2v) is 5.59. The molecular formula is C18H39NO2. The van der Waals surface area contributed by atoms with Gasteiger partial charge in [-0.25, -0.2) is 0 Å². The number of hydrogen-bond acceptors (Lipinski definition) is 2. The molecule has 3 nitrogen and oxygen atoms in total. The highest BCUT2D eigenvalue weighted by Crippen LogP contribution is 2.10. The zero-order valence-corrected chi connectivity index (χ0v) is 15.0. The van der Waals surface area contributed by atoms with E-state index in [9.17, 15) is 4.79 Å². The molecule has 128 valence electrons. The molecule has 0 aromatic heterocycles. The highest BCUT2D eigenvalue weighted by Gasteiger charge is 1.96. The van der Waals surface area contributed by atoms with Gasteiger partial charge in [0.2, 0.25) is 0 Å². The van der Waals surface area contributed by atoms with Crippen LogP contribution in [-0.4, -0.2) is 35.6 Å². The Morgan fingerprint density at radius 3 is 1.38 bits per heavy atom. The number of nitrogens with zero attached hydrogens (tertiary/aromatic N) is 1. The molecule has 0 aromatic carbocycles. The number of aliphatic carboxylic acids is 1. The number of carboxylic acids is 1. The molecule has 0 radical (unpaired) electrons. The number of rotatable bonds is 13. The van der Waals surface area contributed by atoms with Gasteiger partial charge < -0.3 is 10.0 Å². The second kappa shape index (κ2) is 19.4. The van der Waals surface area contributed by atoms with Gasteiger partial charge in [-0.05, 0) is 26.1 Å². The summed E-state index contributed by atoms with van der Waals surface area (Å²) < 4.78 is 0. The van der Waals surface area contributed by atoms with Crippen LogP contribution < -0.4 is 0 Å². The molecule has 1 N–H and O–H groups in total. The molecule has 0 unspecified atom stereocenters. The summed E-state index contributed by atoms with van der Waals surface area (Å²) in [5.74, 6) is -0.659. The summed E-state index contributed by atoms with van der Waals surface area (Å²) in [7, 11) is 0. The predicted molar refractivity (Wildman–Crippen MR) is 92.9 cm³/mol. The molecule has 0 aliphatic heterocycles. The Labute approximate surface area is 133 Å². The van der Waals surface area contributed by atoms with Gasteiger partial charge in [0.05, 0.1) is 0 Å². The Kier molecular flexibility index (Phi) is 21.0. The summed E-state index contributed by atoms with van der Waals surface area (Å²) in [5.41, 5.74) is 0. The molecule has 0 rings (SSSR count). The summed E-state index contributed by atoms with van der Waals surface area (Å²) in [6.45, 7) is 12.4. The van der Waals surface area contributed by atoms with Crippen molar-refractivity contribution >= 4 is 5.97 Å². The molecule has 0 fully saturated rings. The van der Waals surface area contributed by atoms with Crippen LogP contribution in [0.2, 0.25) is 0 Å².